The number of ketones is 1. The fourth-order valence-corrected chi connectivity index (χ4v) is 5.55. The van der Waals surface area contributed by atoms with Crippen molar-refractivity contribution >= 4 is 22.8 Å². The first kappa shape index (κ1) is 20.0. The fraction of sp³-hybridized carbons (Fsp3) is 0.423. The second-order valence-corrected chi connectivity index (χ2v) is 9.09. The van der Waals surface area contributed by atoms with Crippen molar-refractivity contribution in [2.24, 2.45) is 17.8 Å². The van der Waals surface area contributed by atoms with E-state index in [0.29, 0.717) is 36.4 Å². The van der Waals surface area contributed by atoms with Crippen LogP contribution in [-0.4, -0.2) is 23.2 Å². The molecule has 2 bridgehead atoms. The summed E-state index contributed by atoms with van der Waals surface area (Å²) in [6.07, 6.45) is 6.30. The largest absolute Gasteiger partial charge is 0.434 e. The number of carbonyl (C=O) groups is 2. The molecule has 2 aromatic carbocycles. The number of hydrogen-bond acceptors (Lipinski definition) is 4. The molecular weight excluding hydrogens is 388 g/mol. The van der Waals surface area contributed by atoms with Gasteiger partial charge in [-0.15, -0.1) is 0 Å². The monoisotopic (exact) mass is 416 g/mol. The van der Waals surface area contributed by atoms with E-state index in [1.165, 1.54) is 25.7 Å². The van der Waals surface area contributed by atoms with E-state index in [9.17, 15) is 9.59 Å². The molecule has 160 valence electrons. The van der Waals surface area contributed by atoms with Crippen molar-refractivity contribution in [1.82, 2.24) is 10.3 Å². The molecule has 5 heteroatoms. The minimum absolute atomic E-state index is 0.110. The van der Waals surface area contributed by atoms with Crippen molar-refractivity contribution in [2.45, 2.75) is 44.4 Å². The number of para-hydroxylation sites is 2. The summed E-state index contributed by atoms with van der Waals surface area (Å²) in [5.74, 6) is 1.82. The average molecular weight is 417 g/mol. The Hall–Kier alpha value is -2.95. The molecule has 1 heterocycles. The second kappa shape index (κ2) is 8.66. The van der Waals surface area contributed by atoms with Gasteiger partial charge in [0.15, 0.2) is 5.58 Å². The number of hydrogen-bond donors (Lipinski definition) is 1. The molecule has 5 nitrogen and oxygen atoms in total. The van der Waals surface area contributed by atoms with Crippen molar-refractivity contribution < 1.29 is 14.0 Å². The predicted molar refractivity (Wildman–Crippen MR) is 119 cm³/mol. The number of oxazole rings is 1. The third kappa shape index (κ3) is 4.27. The van der Waals surface area contributed by atoms with E-state index in [1.54, 1.807) is 0 Å². The van der Waals surface area contributed by atoms with Gasteiger partial charge in [-0.05, 0) is 61.1 Å². The van der Waals surface area contributed by atoms with Gasteiger partial charge in [-0.3, -0.25) is 9.59 Å². The summed E-state index contributed by atoms with van der Waals surface area (Å²) in [6, 6.07) is 17.1. The van der Waals surface area contributed by atoms with Crippen molar-refractivity contribution in [3.8, 4) is 0 Å². The molecule has 1 N–H and O–H groups in total. The van der Waals surface area contributed by atoms with Gasteiger partial charge >= 0.3 is 0 Å². The van der Waals surface area contributed by atoms with E-state index in [0.717, 1.165) is 17.4 Å². The highest BCUT2D eigenvalue weighted by Crippen LogP contribution is 2.49. The zero-order valence-electron chi connectivity index (χ0n) is 17.6. The Balaban J connectivity index is 1.24. The number of nitrogens with one attached hydrogen (secondary N) is 1. The molecule has 4 unspecified atom stereocenters. The van der Waals surface area contributed by atoms with Crippen molar-refractivity contribution in [3.63, 3.8) is 0 Å². The third-order valence-corrected chi connectivity index (χ3v) is 7.11. The minimum atomic E-state index is -0.406. The minimum Gasteiger partial charge on any atom is -0.434 e. The lowest BCUT2D eigenvalue weighted by Gasteiger charge is -2.21. The fourth-order valence-electron chi connectivity index (χ4n) is 5.55. The lowest BCUT2D eigenvalue weighted by Crippen LogP contribution is -2.30. The molecule has 4 atom stereocenters. The van der Waals surface area contributed by atoms with Gasteiger partial charge in [0.05, 0.1) is 5.92 Å². The molecule has 5 rings (SSSR count). The smallest absolute Gasteiger partial charge is 0.264 e. The number of Topliss-reactive ketones (excluding diaryl/α,β-unsaturated/α-hetero) is 1. The van der Waals surface area contributed by atoms with Gasteiger partial charge in [0.1, 0.15) is 5.52 Å². The summed E-state index contributed by atoms with van der Waals surface area (Å²) in [7, 11) is 0. The molecule has 2 saturated carbocycles. The SMILES string of the molecule is O=C(CC1CC2CCC1C2)NCCC(C(=O)c1nc2ccccc2o1)c1ccccc1. The number of carbonyl (C=O) groups excluding carboxylic acids is 2. The standard InChI is InChI=1S/C26H28N2O3/c29-24(16-20-15-17-10-11-19(20)14-17)27-13-12-21(18-6-2-1-3-7-18)25(30)26-28-22-8-4-5-9-23(22)31-26/h1-9,17,19-21H,10-16H2,(H,27,29). The van der Waals surface area contributed by atoms with Crippen LogP contribution in [0.5, 0.6) is 0 Å². The average Bonchev–Trinajstić information content (AvgIpc) is 3.52. The van der Waals surface area contributed by atoms with Crippen LogP contribution in [0.1, 0.15) is 60.7 Å². The number of fused-ring (bicyclic) bond motifs is 3. The van der Waals surface area contributed by atoms with E-state index in [1.807, 2.05) is 54.6 Å². The summed E-state index contributed by atoms with van der Waals surface area (Å²) in [6.45, 7) is 0.463. The van der Waals surface area contributed by atoms with Crippen LogP contribution in [0, 0.1) is 17.8 Å². The molecule has 3 aromatic rings. The summed E-state index contributed by atoms with van der Waals surface area (Å²) in [4.78, 5) is 30.2. The van der Waals surface area contributed by atoms with Crippen LogP contribution in [0.15, 0.2) is 59.0 Å². The Morgan fingerprint density at radius 2 is 1.84 bits per heavy atom. The first-order valence-corrected chi connectivity index (χ1v) is 11.4. The van der Waals surface area contributed by atoms with E-state index in [4.69, 9.17) is 4.42 Å². The molecule has 0 saturated heterocycles. The molecule has 2 aliphatic rings. The Kier molecular flexibility index (Phi) is 5.58. The maximum Gasteiger partial charge on any atom is 0.264 e. The van der Waals surface area contributed by atoms with E-state index in [-0.39, 0.29) is 17.6 Å². The number of benzene rings is 2. The van der Waals surface area contributed by atoms with Crippen LogP contribution in [-0.2, 0) is 4.79 Å². The molecule has 0 aliphatic heterocycles. The van der Waals surface area contributed by atoms with Gasteiger partial charge in [0.2, 0.25) is 11.7 Å². The van der Waals surface area contributed by atoms with Gasteiger partial charge < -0.3 is 9.73 Å². The Morgan fingerprint density at radius 3 is 2.58 bits per heavy atom. The molecule has 1 amide bonds. The van der Waals surface area contributed by atoms with Gasteiger partial charge in [0, 0.05) is 13.0 Å². The molecule has 2 fully saturated rings. The summed E-state index contributed by atoms with van der Waals surface area (Å²) >= 11 is 0. The van der Waals surface area contributed by atoms with Crippen LogP contribution in [0.3, 0.4) is 0 Å². The van der Waals surface area contributed by atoms with Crippen LogP contribution in [0.2, 0.25) is 0 Å². The second-order valence-electron chi connectivity index (χ2n) is 9.09. The van der Waals surface area contributed by atoms with Crippen molar-refractivity contribution in [3.05, 3.63) is 66.1 Å². The molecule has 1 aromatic heterocycles. The Bertz CT molecular complexity index is 1040. The zero-order chi connectivity index (χ0) is 21.2. The molecule has 2 aliphatic carbocycles. The molecule has 0 spiro atoms. The van der Waals surface area contributed by atoms with Crippen molar-refractivity contribution in [1.29, 1.82) is 0 Å². The number of aromatic nitrogens is 1. The normalized spacial score (nSPS) is 23.2. The maximum absolute atomic E-state index is 13.3. The highest BCUT2D eigenvalue weighted by Gasteiger charge is 2.40. The van der Waals surface area contributed by atoms with Gasteiger partial charge in [-0.25, -0.2) is 4.98 Å². The van der Waals surface area contributed by atoms with E-state index in [2.05, 4.69) is 10.3 Å². The lowest BCUT2D eigenvalue weighted by molar-refractivity contribution is -0.122. The highest BCUT2D eigenvalue weighted by molar-refractivity contribution is 5.99. The summed E-state index contributed by atoms with van der Waals surface area (Å²) < 4.78 is 5.73. The first-order chi connectivity index (χ1) is 15.2. The van der Waals surface area contributed by atoms with Crippen LogP contribution in [0.4, 0.5) is 0 Å². The Morgan fingerprint density at radius 1 is 1.03 bits per heavy atom. The topological polar surface area (TPSA) is 72.2 Å². The Labute approximate surface area is 182 Å². The van der Waals surface area contributed by atoms with E-state index >= 15 is 0 Å². The molecule has 31 heavy (non-hydrogen) atoms. The molecule has 0 radical (unpaired) electrons. The van der Waals surface area contributed by atoms with Crippen LogP contribution < -0.4 is 5.32 Å². The van der Waals surface area contributed by atoms with Gasteiger partial charge in [-0.1, -0.05) is 48.9 Å². The maximum atomic E-state index is 13.3. The predicted octanol–water partition coefficient (Wildman–Crippen LogP) is 5.13. The first-order valence-electron chi connectivity index (χ1n) is 11.4. The van der Waals surface area contributed by atoms with Crippen LogP contribution >= 0.6 is 0 Å². The van der Waals surface area contributed by atoms with E-state index < -0.39 is 5.92 Å². The molecular formula is C26H28N2O3. The number of nitrogens with zero attached hydrogens (tertiary/aromatic N) is 1. The number of amides is 1. The summed E-state index contributed by atoms with van der Waals surface area (Å²) in [5.41, 5.74) is 2.20. The van der Waals surface area contributed by atoms with Gasteiger partial charge in [-0.2, -0.15) is 0 Å². The van der Waals surface area contributed by atoms with Crippen molar-refractivity contribution in [2.75, 3.05) is 6.54 Å². The highest BCUT2D eigenvalue weighted by atomic mass is 16.4. The van der Waals surface area contributed by atoms with Gasteiger partial charge in [0.25, 0.3) is 5.89 Å². The quantitative estimate of drug-likeness (QED) is 0.517. The summed E-state index contributed by atoms with van der Waals surface area (Å²) in [5, 5.41) is 3.06. The zero-order valence-corrected chi connectivity index (χ0v) is 17.6. The lowest BCUT2D eigenvalue weighted by atomic mass is 9.86. The van der Waals surface area contributed by atoms with Crippen LogP contribution in [0.25, 0.3) is 11.1 Å². The third-order valence-electron chi connectivity index (χ3n) is 7.11. The number of rotatable bonds is 8.